The average Bonchev–Trinajstić information content (AvgIpc) is 3.05. The lowest BCUT2D eigenvalue weighted by Crippen LogP contribution is -2.37. The van der Waals surface area contributed by atoms with Crippen molar-refractivity contribution in [1.29, 1.82) is 0 Å². The van der Waals surface area contributed by atoms with Crippen molar-refractivity contribution in [1.82, 2.24) is 19.6 Å². The van der Waals surface area contributed by atoms with Crippen molar-refractivity contribution in [2.24, 2.45) is 0 Å². The van der Waals surface area contributed by atoms with Gasteiger partial charge in [-0.1, -0.05) is 45.0 Å². The molecule has 0 bridgehead atoms. The van der Waals surface area contributed by atoms with Crippen molar-refractivity contribution in [3.8, 4) is 11.4 Å². The summed E-state index contributed by atoms with van der Waals surface area (Å²) in [6, 6.07) is 10.6. The number of anilines is 1. The highest BCUT2D eigenvalue weighted by atomic mass is 16.5. The molecule has 0 unspecified atom stereocenters. The molecule has 0 radical (unpaired) electrons. The SMILES string of the molecule is Cc1cc(N2CCOCC2)n2nc(-c3ccc(C(C)(C)C)cc3)nc2n1. The summed E-state index contributed by atoms with van der Waals surface area (Å²) >= 11 is 0. The van der Waals surface area contributed by atoms with Gasteiger partial charge in [0.25, 0.3) is 5.78 Å². The first-order valence-electron chi connectivity index (χ1n) is 9.10. The molecule has 0 N–H and O–H groups in total. The van der Waals surface area contributed by atoms with Gasteiger partial charge in [0.05, 0.1) is 13.2 Å². The molecule has 1 aromatic carbocycles. The second-order valence-electron chi connectivity index (χ2n) is 7.83. The Labute approximate surface area is 153 Å². The molecule has 2 aromatic heterocycles. The molecule has 1 fully saturated rings. The molecule has 6 nitrogen and oxygen atoms in total. The monoisotopic (exact) mass is 351 g/mol. The van der Waals surface area contributed by atoms with Crippen LogP contribution in [0.4, 0.5) is 5.82 Å². The number of ether oxygens (including phenoxy) is 1. The van der Waals surface area contributed by atoms with Crippen molar-refractivity contribution in [2.75, 3.05) is 31.2 Å². The molecule has 0 saturated carbocycles. The molecule has 26 heavy (non-hydrogen) atoms. The molecule has 0 atom stereocenters. The molecule has 0 amide bonds. The van der Waals surface area contributed by atoms with Crippen LogP contribution in [0.1, 0.15) is 32.0 Å². The van der Waals surface area contributed by atoms with Crippen LogP contribution in [-0.2, 0) is 10.2 Å². The lowest BCUT2D eigenvalue weighted by molar-refractivity contribution is 0.122. The quantitative estimate of drug-likeness (QED) is 0.709. The Morgan fingerprint density at radius 1 is 1.00 bits per heavy atom. The van der Waals surface area contributed by atoms with Gasteiger partial charge in [0.1, 0.15) is 5.82 Å². The lowest BCUT2D eigenvalue weighted by atomic mass is 9.87. The van der Waals surface area contributed by atoms with E-state index in [4.69, 9.17) is 9.84 Å². The highest BCUT2D eigenvalue weighted by Crippen LogP contribution is 2.26. The van der Waals surface area contributed by atoms with Crippen LogP contribution in [0.15, 0.2) is 30.3 Å². The Bertz CT molecular complexity index is 918. The fraction of sp³-hybridized carbons (Fsp3) is 0.450. The van der Waals surface area contributed by atoms with Crippen LogP contribution in [0.25, 0.3) is 17.2 Å². The van der Waals surface area contributed by atoms with Crippen molar-refractivity contribution in [3.63, 3.8) is 0 Å². The van der Waals surface area contributed by atoms with E-state index in [1.54, 1.807) is 0 Å². The van der Waals surface area contributed by atoms with Crippen molar-refractivity contribution in [3.05, 3.63) is 41.6 Å². The molecule has 3 heterocycles. The van der Waals surface area contributed by atoms with Crippen molar-refractivity contribution in [2.45, 2.75) is 33.1 Å². The third-order valence-corrected chi connectivity index (χ3v) is 4.77. The maximum absolute atomic E-state index is 5.47. The maximum atomic E-state index is 5.47. The Morgan fingerprint density at radius 3 is 2.35 bits per heavy atom. The molecule has 0 spiro atoms. The molecule has 136 valence electrons. The van der Waals surface area contributed by atoms with Crippen LogP contribution in [0, 0.1) is 6.92 Å². The number of rotatable bonds is 2. The summed E-state index contributed by atoms with van der Waals surface area (Å²) in [5.41, 5.74) is 3.38. The van der Waals surface area contributed by atoms with E-state index in [1.165, 1.54) is 5.56 Å². The number of aryl methyl sites for hydroxylation is 1. The average molecular weight is 351 g/mol. The van der Waals surface area contributed by atoms with Crippen LogP contribution >= 0.6 is 0 Å². The summed E-state index contributed by atoms with van der Waals surface area (Å²) < 4.78 is 7.33. The number of hydrogen-bond donors (Lipinski definition) is 0. The Kier molecular flexibility index (Phi) is 4.15. The van der Waals surface area contributed by atoms with E-state index in [0.29, 0.717) is 11.6 Å². The first kappa shape index (κ1) is 17.0. The lowest BCUT2D eigenvalue weighted by Gasteiger charge is -2.28. The van der Waals surface area contributed by atoms with Gasteiger partial charge in [-0.2, -0.15) is 9.50 Å². The number of aromatic nitrogens is 4. The van der Waals surface area contributed by atoms with Gasteiger partial charge in [0.15, 0.2) is 5.82 Å². The molecular formula is C20H25N5O. The second kappa shape index (κ2) is 6.36. The normalized spacial score (nSPS) is 15.6. The predicted octanol–water partition coefficient (Wildman–Crippen LogP) is 3.23. The zero-order chi connectivity index (χ0) is 18.3. The summed E-state index contributed by atoms with van der Waals surface area (Å²) in [7, 11) is 0. The number of benzene rings is 1. The van der Waals surface area contributed by atoms with Gasteiger partial charge in [-0.15, -0.1) is 5.10 Å². The topological polar surface area (TPSA) is 55.6 Å². The Morgan fingerprint density at radius 2 is 1.69 bits per heavy atom. The van der Waals surface area contributed by atoms with Crippen LogP contribution in [0.5, 0.6) is 0 Å². The van der Waals surface area contributed by atoms with Crippen LogP contribution < -0.4 is 4.90 Å². The second-order valence-corrected chi connectivity index (χ2v) is 7.83. The third kappa shape index (κ3) is 3.17. The van der Waals surface area contributed by atoms with Crippen molar-refractivity contribution < 1.29 is 4.74 Å². The number of hydrogen-bond acceptors (Lipinski definition) is 5. The van der Waals surface area contributed by atoms with E-state index in [-0.39, 0.29) is 5.41 Å². The minimum absolute atomic E-state index is 0.132. The predicted molar refractivity (Wildman–Crippen MR) is 103 cm³/mol. The highest BCUT2D eigenvalue weighted by molar-refractivity contribution is 5.59. The Balaban J connectivity index is 1.75. The van der Waals surface area contributed by atoms with E-state index < -0.39 is 0 Å². The van der Waals surface area contributed by atoms with Crippen LogP contribution in [0.2, 0.25) is 0 Å². The number of fused-ring (bicyclic) bond motifs is 1. The zero-order valence-electron chi connectivity index (χ0n) is 15.9. The standard InChI is InChI=1S/C20H25N5O/c1-14-13-17(24-9-11-26-12-10-24)25-19(21-14)22-18(23-25)15-5-7-16(8-6-15)20(2,3)4/h5-8,13H,9-12H2,1-4H3. The van der Waals surface area contributed by atoms with Gasteiger partial charge in [0, 0.05) is 30.4 Å². The van der Waals surface area contributed by atoms with Crippen LogP contribution in [0.3, 0.4) is 0 Å². The largest absolute Gasteiger partial charge is 0.378 e. The minimum atomic E-state index is 0.132. The van der Waals surface area contributed by atoms with Crippen molar-refractivity contribution >= 4 is 11.6 Å². The zero-order valence-corrected chi connectivity index (χ0v) is 15.9. The summed E-state index contributed by atoms with van der Waals surface area (Å²) in [5.74, 6) is 2.38. The smallest absolute Gasteiger partial charge is 0.254 e. The highest BCUT2D eigenvalue weighted by Gasteiger charge is 2.19. The molecule has 1 aliphatic rings. The van der Waals surface area contributed by atoms with E-state index in [2.05, 4.69) is 66.0 Å². The summed E-state index contributed by atoms with van der Waals surface area (Å²) in [4.78, 5) is 11.5. The minimum Gasteiger partial charge on any atom is -0.378 e. The van der Waals surface area contributed by atoms with Gasteiger partial charge >= 0.3 is 0 Å². The summed E-state index contributed by atoms with van der Waals surface area (Å²) in [6.45, 7) is 11.8. The fourth-order valence-corrected chi connectivity index (χ4v) is 3.23. The molecular weight excluding hydrogens is 326 g/mol. The first-order chi connectivity index (χ1) is 12.4. The van der Waals surface area contributed by atoms with E-state index in [9.17, 15) is 0 Å². The van der Waals surface area contributed by atoms with Crippen LogP contribution in [-0.4, -0.2) is 45.9 Å². The molecule has 3 aromatic rings. The summed E-state index contributed by atoms with van der Waals surface area (Å²) in [6.07, 6.45) is 0. The van der Waals surface area contributed by atoms with E-state index in [1.807, 2.05) is 11.4 Å². The molecule has 1 saturated heterocycles. The molecule has 0 aliphatic carbocycles. The molecule has 4 rings (SSSR count). The van der Waals surface area contributed by atoms with Gasteiger partial charge in [-0.3, -0.25) is 0 Å². The van der Waals surface area contributed by atoms with Gasteiger partial charge in [-0.05, 0) is 17.9 Å². The van der Waals surface area contributed by atoms with Gasteiger partial charge < -0.3 is 9.64 Å². The third-order valence-electron chi connectivity index (χ3n) is 4.77. The maximum Gasteiger partial charge on any atom is 0.254 e. The van der Waals surface area contributed by atoms with Gasteiger partial charge in [-0.25, -0.2) is 4.98 Å². The number of nitrogens with zero attached hydrogens (tertiary/aromatic N) is 5. The first-order valence-corrected chi connectivity index (χ1v) is 9.10. The van der Waals surface area contributed by atoms with E-state index in [0.717, 1.165) is 43.4 Å². The molecule has 1 aliphatic heterocycles. The fourth-order valence-electron chi connectivity index (χ4n) is 3.23. The number of morpholine rings is 1. The summed E-state index contributed by atoms with van der Waals surface area (Å²) in [5, 5.41) is 4.75. The van der Waals surface area contributed by atoms with E-state index >= 15 is 0 Å². The van der Waals surface area contributed by atoms with Gasteiger partial charge in [0.2, 0.25) is 0 Å². The Hall–Kier alpha value is -2.47. The molecule has 6 heteroatoms.